The van der Waals surface area contributed by atoms with Gasteiger partial charge in [0.1, 0.15) is 10.6 Å². The molecule has 1 N–H and O–H groups in total. The molecule has 0 radical (unpaired) electrons. The van der Waals surface area contributed by atoms with Crippen LogP contribution in [0.4, 0.5) is 0 Å². The smallest absolute Gasteiger partial charge is 0.339 e. The van der Waals surface area contributed by atoms with Crippen molar-refractivity contribution < 1.29 is 27.2 Å². The van der Waals surface area contributed by atoms with Crippen LogP contribution in [-0.4, -0.2) is 32.7 Å². The maximum atomic E-state index is 13.1. The molecule has 3 aliphatic carbocycles. The van der Waals surface area contributed by atoms with E-state index in [4.69, 9.17) is 8.92 Å². The normalized spacial score (nSPS) is 29.2. The molecule has 0 spiro atoms. The average molecular weight is 535 g/mol. The fraction of sp³-hybridized carbons (Fsp3) is 0.452. The zero-order valence-corrected chi connectivity index (χ0v) is 22.6. The first-order valence-corrected chi connectivity index (χ1v) is 14.9. The number of rotatable bonds is 6. The first kappa shape index (κ1) is 25.4. The molecule has 3 aromatic carbocycles. The van der Waals surface area contributed by atoms with Crippen LogP contribution in [0.5, 0.6) is 5.75 Å². The number of aliphatic carboxylic acids is 1. The van der Waals surface area contributed by atoms with Gasteiger partial charge in [0.2, 0.25) is 0 Å². The molecule has 6 nitrogen and oxygen atoms in total. The van der Waals surface area contributed by atoms with Gasteiger partial charge in [-0.05, 0) is 108 Å². The molecule has 3 aromatic rings. The third-order valence-electron chi connectivity index (χ3n) is 9.85. The van der Waals surface area contributed by atoms with E-state index in [9.17, 15) is 18.3 Å². The predicted octanol–water partition coefficient (Wildman–Crippen LogP) is 6.18. The summed E-state index contributed by atoms with van der Waals surface area (Å²) < 4.78 is 37.2. The van der Waals surface area contributed by atoms with Crippen molar-refractivity contribution >= 4 is 26.9 Å². The van der Waals surface area contributed by atoms with Gasteiger partial charge < -0.3 is 14.0 Å². The number of ether oxygens (including phenoxy) is 1. The van der Waals surface area contributed by atoms with Crippen molar-refractivity contribution in [3.8, 4) is 5.75 Å². The van der Waals surface area contributed by atoms with Gasteiger partial charge in [0.15, 0.2) is 6.10 Å². The number of methoxy groups -OCH3 is 1. The van der Waals surface area contributed by atoms with Crippen molar-refractivity contribution in [2.24, 2.45) is 23.2 Å². The molecule has 0 saturated heterocycles. The molecule has 6 rings (SSSR count). The largest absolute Gasteiger partial charge is 0.479 e. The summed E-state index contributed by atoms with van der Waals surface area (Å²) in [4.78, 5) is 12.0. The maximum absolute atomic E-state index is 13.1. The molecule has 0 bridgehead atoms. The second-order valence-electron chi connectivity index (χ2n) is 11.5. The topological polar surface area (TPSA) is 89.9 Å². The van der Waals surface area contributed by atoms with Gasteiger partial charge in [-0.1, -0.05) is 43.3 Å². The molecular formula is C31H34O6S. The summed E-state index contributed by atoms with van der Waals surface area (Å²) in [5, 5.41) is 11.6. The van der Waals surface area contributed by atoms with Crippen molar-refractivity contribution in [2.45, 2.75) is 62.4 Å². The quantitative estimate of drug-likeness (QED) is 0.380. The van der Waals surface area contributed by atoms with Gasteiger partial charge in [0.25, 0.3) is 0 Å². The molecule has 0 heterocycles. The summed E-state index contributed by atoms with van der Waals surface area (Å²) in [5.74, 6) is 0.912. The lowest BCUT2D eigenvalue weighted by Crippen LogP contribution is -2.47. The number of hydrogen-bond acceptors (Lipinski definition) is 5. The minimum atomic E-state index is -3.96. The maximum Gasteiger partial charge on any atom is 0.339 e. The van der Waals surface area contributed by atoms with Crippen LogP contribution in [0.1, 0.15) is 56.1 Å². The molecular weight excluding hydrogens is 500 g/mol. The van der Waals surface area contributed by atoms with Gasteiger partial charge >= 0.3 is 16.1 Å². The van der Waals surface area contributed by atoms with Gasteiger partial charge in [-0.15, -0.1) is 0 Å². The monoisotopic (exact) mass is 534 g/mol. The number of carboxylic acids is 1. The number of carboxylic acid groups (broad SMARTS) is 1. The van der Waals surface area contributed by atoms with Crippen LogP contribution in [0.15, 0.2) is 65.6 Å². The van der Waals surface area contributed by atoms with E-state index in [0.717, 1.165) is 54.9 Å². The van der Waals surface area contributed by atoms with E-state index >= 15 is 0 Å². The highest BCUT2D eigenvalue weighted by Crippen LogP contribution is 2.63. The molecule has 4 unspecified atom stereocenters. The Labute approximate surface area is 224 Å². The Morgan fingerprint density at radius 2 is 1.79 bits per heavy atom. The lowest BCUT2D eigenvalue weighted by atomic mass is 9.53. The van der Waals surface area contributed by atoms with Crippen LogP contribution in [0.2, 0.25) is 0 Å². The van der Waals surface area contributed by atoms with E-state index in [1.165, 1.54) is 12.7 Å². The zero-order valence-electron chi connectivity index (χ0n) is 21.8. The number of aryl methyl sites for hydroxylation is 1. The number of benzene rings is 3. The summed E-state index contributed by atoms with van der Waals surface area (Å²) in [6.45, 7) is 2.28. The minimum absolute atomic E-state index is 0.0330. The van der Waals surface area contributed by atoms with Gasteiger partial charge in [0.05, 0.1) is 0 Å². The molecule has 38 heavy (non-hydrogen) atoms. The minimum Gasteiger partial charge on any atom is -0.479 e. The summed E-state index contributed by atoms with van der Waals surface area (Å²) >= 11 is 0. The Balaban J connectivity index is 1.23. The Kier molecular flexibility index (Phi) is 6.27. The van der Waals surface area contributed by atoms with Gasteiger partial charge in [-0.25, -0.2) is 4.79 Å². The van der Waals surface area contributed by atoms with Crippen molar-refractivity contribution in [3.63, 3.8) is 0 Å². The first-order chi connectivity index (χ1) is 18.2. The molecule has 3 aliphatic rings. The third-order valence-corrected chi connectivity index (χ3v) is 11.1. The third kappa shape index (κ3) is 4.11. The van der Waals surface area contributed by atoms with Crippen molar-refractivity contribution in [3.05, 3.63) is 71.8 Å². The van der Waals surface area contributed by atoms with Crippen LogP contribution in [0, 0.1) is 23.2 Å². The van der Waals surface area contributed by atoms with Crippen LogP contribution >= 0.6 is 0 Å². The highest BCUT2D eigenvalue weighted by atomic mass is 32.2. The van der Waals surface area contributed by atoms with Crippen LogP contribution < -0.4 is 4.18 Å². The van der Waals surface area contributed by atoms with Crippen molar-refractivity contribution in [1.29, 1.82) is 0 Å². The highest BCUT2D eigenvalue weighted by Gasteiger charge is 2.57. The molecule has 6 atom stereocenters. The first-order valence-electron chi connectivity index (χ1n) is 13.5. The predicted molar refractivity (Wildman–Crippen MR) is 145 cm³/mol. The van der Waals surface area contributed by atoms with Crippen molar-refractivity contribution in [2.75, 3.05) is 7.11 Å². The Hall–Kier alpha value is -2.90. The molecule has 7 heteroatoms. The Bertz CT molecular complexity index is 1500. The second kappa shape index (κ2) is 9.38. The Morgan fingerprint density at radius 1 is 1.00 bits per heavy atom. The van der Waals surface area contributed by atoms with E-state index in [0.29, 0.717) is 23.5 Å². The zero-order chi connectivity index (χ0) is 26.7. The highest BCUT2D eigenvalue weighted by molar-refractivity contribution is 7.87. The number of hydrogen-bond donors (Lipinski definition) is 1. The molecule has 2 fully saturated rings. The van der Waals surface area contributed by atoms with Gasteiger partial charge in [-0.2, -0.15) is 8.42 Å². The fourth-order valence-electron chi connectivity index (χ4n) is 8.08. The molecule has 0 amide bonds. The summed E-state index contributed by atoms with van der Waals surface area (Å²) in [5.41, 5.74) is 2.42. The molecule has 0 aliphatic heterocycles. The lowest BCUT2D eigenvalue weighted by molar-refractivity contribution is -0.156. The number of fused-ring (bicyclic) bond motifs is 6. The lowest BCUT2D eigenvalue weighted by Gasteiger charge is -2.51. The second-order valence-corrected chi connectivity index (χ2v) is 13.1. The van der Waals surface area contributed by atoms with Gasteiger partial charge in [-0.3, -0.25) is 0 Å². The molecule has 2 saturated carbocycles. The molecule has 0 aromatic heterocycles. The van der Waals surface area contributed by atoms with E-state index in [-0.39, 0.29) is 16.2 Å². The van der Waals surface area contributed by atoms with E-state index in [1.54, 1.807) is 24.3 Å². The summed E-state index contributed by atoms with van der Waals surface area (Å²) in [6.07, 6.45) is 5.06. The van der Waals surface area contributed by atoms with Crippen LogP contribution in [-0.2, 0) is 26.1 Å². The summed E-state index contributed by atoms with van der Waals surface area (Å²) in [6, 6.07) is 18.4. The van der Waals surface area contributed by atoms with E-state index in [2.05, 4.69) is 13.0 Å². The van der Waals surface area contributed by atoms with E-state index < -0.39 is 22.2 Å². The standard InChI is InChI=1S/C31H34O6S/c1-31-16-15-25-24-12-9-22(37-38(34,35)23-10-7-19-5-3-4-6-20(19)18-23)17-21(24)8-11-26(25)27(31)13-14-28(31)29(36-2)30(32)33/h3-7,9-10,12,17-18,25-29H,8,11,13-16H2,1-2H3,(H,32,33)/t25?,26?,27?,28-,29?,31+/m1/s1. The van der Waals surface area contributed by atoms with Crippen LogP contribution in [0.25, 0.3) is 10.8 Å². The van der Waals surface area contributed by atoms with E-state index in [1.807, 2.05) is 30.3 Å². The average Bonchev–Trinajstić information content (AvgIpc) is 3.25. The SMILES string of the molecule is COC(C(=O)O)[C@H]1CCC2C3CCc4cc(OS(=O)(=O)c5ccc6ccccc6c5)ccc4C3CC[C@@]21C. The van der Waals surface area contributed by atoms with Gasteiger partial charge in [0, 0.05) is 13.0 Å². The van der Waals surface area contributed by atoms with Crippen LogP contribution in [0.3, 0.4) is 0 Å². The fourth-order valence-corrected chi connectivity index (χ4v) is 9.04. The summed E-state index contributed by atoms with van der Waals surface area (Å²) in [7, 11) is -2.45. The molecule has 200 valence electrons. The Morgan fingerprint density at radius 3 is 2.55 bits per heavy atom. The number of carbonyl (C=O) groups is 1. The van der Waals surface area contributed by atoms with Crippen molar-refractivity contribution in [1.82, 2.24) is 0 Å².